The molecule has 2 fully saturated rings. The number of rotatable bonds is 6. The van der Waals surface area contributed by atoms with Crippen molar-refractivity contribution in [2.75, 3.05) is 19.7 Å². The van der Waals surface area contributed by atoms with E-state index in [0.717, 1.165) is 32.2 Å². The summed E-state index contributed by atoms with van der Waals surface area (Å²) in [6.07, 6.45) is 3.75. The van der Waals surface area contributed by atoms with Crippen molar-refractivity contribution in [3.63, 3.8) is 0 Å². The van der Waals surface area contributed by atoms with Crippen molar-refractivity contribution in [3.8, 4) is 0 Å². The highest BCUT2D eigenvalue weighted by Crippen LogP contribution is 2.15. The molecule has 2 aliphatic rings. The molecule has 3 atom stereocenters. The molecule has 3 N–H and O–H groups in total. The molecule has 7 nitrogen and oxygen atoms in total. The number of ether oxygens (including phenoxy) is 1. The van der Waals surface area contributed by atoms with Gasteiger partial charge >= 0.3 is 0 Å². The highest BCUT2D eigenvalue weighted by molar-refractivity contribution is 7.89. The zero-order valence-electron chi connectivity index (χ0n) is 15.4. The van der Waals surface area contributed by atoms with Gasteiger partial charge in [-0.25, -0.2) is 13.1 Å². The van der Waals surface area contributed by atoms with E-state index in [-0.39, 0.29) is 47.9 Å². The van der Waals surface area contributed by atoms with E-state index < -0.39 is 10.0 Å². The quantitative estimate of drug-likeness (QED) is 0.650. The first-order valence-electron chi connectivity index (χ1n) is 9.21. The Kier molecular flexibility index (Phi) is 8.05. The number of halogens is 1. The van der Waals surface area contributed by atoms with Crippen LogP contribution in [0.4, 0.5) is 0 Å². The number of hydrogen-bond donors (Lipinski definition) is 3. The van der Waals surface area contributed by atoms with Crippen LogP contribution in [0.5, 0.6) is 0 Å². The Hall–Kier alpha value is -1.19. The number of nitrogens with one attached hydrogen (secondary N) is 3. The smallest absolute Gasteiger partial charge is 0.251 e. The Balaban J connectivity index is 0.00000261. The lowest BCUT2D eigenvalue weighted by Crippen LogP contribution is -2.51. The van der Waals surface area contributed by atoms with Crippen molar-refractivity contribution in [2.24, 2.45) is 0 Å². The fourth-order valence-corrected chi connectivity index (χ4v) is 4.44. The van der Waals surface area contributed by atoms with Crippen LogP contribution in [0.25, 0.3) is 0 Å². The first-order valence-corrected chi connectivity index (χ1v) is 10.7. The molecule has 2 heterocycles. The van der Waals surface area contributed by atoms with Crippen LogP contribution in [0, 0.1) is 0 Å². The van der Waals surface area contributed by atoms with E-state index in [2.05, 4.69) is 22.3 Å². The van der Waals surface area contributed by atoms with Crippen molar-refractivity contribution >= 4 is 28.3 Å². The average molecular weight is 418 g/mol. The summed E-state index contributed by atoms with van der Waals surface area (Å²) in [5.74, 6) is -0.179. The van der Waals surface area contributed by atoms with Crippen molar-refractivity contribution in [3.05, 3.63) is 29.8 Å². The first kappa shape index (κ1) is 22.1. The van der Waals surface area contributed by atoms with Crippen LogP contribution >= 0.6 is 12.4 Å². The third-order valence-corrected chi connectivity index (χ3v) is 6.47. The summed E-state index contributed by atoms with van der Waals surface area (Å²) in [4.78, 5) is 12.6. The molecule has 0 radical (unpaired) electrons. The van der Waals surface area contributed by atoms with Gasteiger partial charge in [-0.2, -0.15) is 0 Å². The van der Waals surface area contributed by atoms with Gasteiger partial charge in [0.1, 0.15) is 0 Å². The van der Waals surface area contributed by atoms with E-state index in [9.17, 15) is 13.2 Å². The van der Waals surface area contributed by atoms with Crippen molar-refractivity contribution in [1.82, 2.24) is 15.4 Å². The lowest BCUT2D eigenvalue weighted by Gasteiger charge is -2.30. The molecule has 0 saturated carbocycles. The molecule has 3 rings (SSSR count). The molecule has 0 aliphatic carbocycles. The highest BCUT2D eigenvalue weighted by Gasteiger charge is 2.24. The van der Waals surface area contributed by atoms with Gasteiger partial charge in [0.2, 0.25) is 10.0 Å². The zero-order chi connectivity index (χ0) is 18.6. The molecule has 2 saturated heterocycles. The van der Waals surface area contributed by atoms with Crippen LogP contribution in [0.2, 0.25) is 0 Å². The first-order chi connectivity index (χ1) is 12.5. The van der Waals surface area contributed by atoms with E-state index in [1.54, 1.807) is 12.1 Å². The van der Waals surface area contributed by atoms with E-state index in [1.807, 2.05) is 0 Å². The molecule has 1 aromatic rings. The minimum absolute atomic E-state index is 0. The Labute approximate surface area is 167 Å². The highest BCUT2D eigenvalue weighted by atomic mass is 35.5. The molecular formula is C18H28ClN3O4S. The minimum atomic E-state index is -3.60. The van der Waals surface area contributed by atoms with Gasteiger partial charge in [-0.1, -0.05) is 0 Å². The molecule has 0 spiro atoms. The molecule has 1 amide bonds. The van der Waals surface area contributed by atoms with Gasteiger partial charge in [-0.3, -0.25) is 4.79 Å². The summed E-state index contributed by atoms with van der Waals surface area (Å²) in [7, 11) is -3.60. The van der Waals surface area contributed by atoms with Crippen molar-refractivity contribution in [1.29, 1.82) is 0 Å². The number of amides is 1. The third-order valence-electron chi connectivity index (χ3n) is 5.03. The molecule has 2 aliphatic heterocycles. The molecule has 152 valence electrons. The summed E-state index contributed by atoms with van der Waals surface area (Å²) < 4.78 is 32.7. The third kappa shape index (κ3) is 5.89. The van der Waals surface area contributed by atoms with Crippen LogP contribution in [0.3, 0.4) is 0 Å². The summed E-state index contributed by atoms with van der Waals surface area (Å²) in [5.41, 5.74) is 0.459. The van der Waals surface area contributed by atoms with Crippen LogP contribution in [0.1, 0.15) is 43.0 Å². The molecule has 0 aromatic heterocycles. The van der Waals surface area contributed by atoms with Crippen LogP contribution in [-0.2, 0) is 14.8 Å². The number of carbonyl (C=O) groups is 1. The van der Waals surface area contributed by atoms with Gasteiger partial charge in [0.05, 0.1) is 11.0 Å². The van der Waals surface area contributed by atoms with Gasteiger partial charge in [-0.05, 0) is 63.4 Å². The maximum Gasteiger partial charge on any atom is 0.251 e. The van der Waals surface area contributed by atoms with Crippen molar-refractivity contribution in [2.45, 2.75) is 55.7 Å². The van der Waals surface area contributed by atoms with Gasteiger partial charge in [0.15, 0.2) is 0 Å². The van der Waals surface area contributed by atoms with E-state index in [1.165, 1.54) is 12.1 Å². The summed E-state index contributed by atoms with van der Waals surface area (Å²) in [5, 5.41) is 6.36. The van der Waals surface area contributed by atoms with E-state index in [4.69, 9.17) is 4.74 Å². The second kappa shape index (κ2) is 9.84. The fourth-order valence-electron chi connectivity index (χ4n) is 3.37. The molecule has 3 unspecified atom stereocenters. The molecule has 9 heteroatoms. The Morgan fingerprint density at radius 3 is 2.59 bits per heavy atom. The molecular weight excluding hydrogens is 390 g/mol. The second-order valence-corrected chi connectivity index (χ2v) is 8.74. The largest absolute Gasteiger partial charge is 0.377 e. The van der Waals surface area contributed by atoms with Gasteiger partial charge in [0, 0.05) is 30.8 Å². The number of carbonyl (C=O) groups excluding carboxylic acids is 1. The maximum absolute atomic E-state index is 12.4. The van der Waals surface area contributed by atoms with Gasteiger partial charge in [0.25, 0.3) is 5.91 Å². The van der Waals surface area contributed by atoms with Crippen LogP contribution in [-0.4, -0.2) is 52.2 Å². The standard InChI is InChI=1S/C18H27N3O4S.ClH/c1-13-17(5-2-10-19-13)21-18(22)14-6-8-16(9-7-14)26(23,24)20-12-15-4-3-11-25-15;/h6-9,13,15,17,19-20H,2-5,10-12H2,1H3,(H,21,22);1H. The van der Waals surface area contributed by atoms with Crippen molar-refractivity contribution < 1.29 is 17.9 Å². The SMILES string of the molecule is CC1NCCCC1NC(=O)c1ccc(S(=O)(=O)NCC2CCCO2)cc1.Cl. The number of hydrogen-bond acceptors (Lipinski definition) is 5. The van der Waals surface area contributed by atoms with Gasteiger partial charge in [-0.15, -0.1) is 12.4 Å². The summed E-state index contributed by atoms with van der Waals surface area (Å²) >= 11 is 0. The second-order valence-electron chi connectivity index (χ2n) is 6.98. The van der Waals surface area contributed by atoms with E-state index >= 15 is 0 Å². The Bertz CT molecular complexity index is 721. The predicted molar refractivity (Wildman–Crippen MR) is 106 cm³/mol. The molecule has 27 heavy (non-hydrogen) atoms. The normalized spacial score (nSPS) is 25.6. The monoisotopic (exact) mass is 417 g/mol. The summed E-state index contributed by atoms with van der Waals surface area (Å²) in [6.45, 7) is 3.99. The number of piperidine rings is 1. The number of benzene rings is 1. The average Bonchev–Trinajstić information content (AvgIpc) is 3.16. The Morgan fingerprint density at radius 2 is 1.96 bits per heavy atom. The van der Waals surface area contributed by atoms with Crippen LogP contribution in [0.15, 0.2) is 29.2 Å². The minimum Gasteiger partial charge on any atom is -0.377 e. The fraction of sp³-hybridized carbons (Fsp3) is 0.611. The van der Waals surface area contributed by atoms with Gasteiger partial charge < -0.3 is 15.4 Å². The lowest BCUT2D eigenvalue weighted by molar-refractivity contribution is 0.0919. The maximum atomic E-state index is 12.4. The molecule has 1 aromatic carbocycles. The zero-order valence-corrected chi connectivity index (χ0v) is 17.1. The lowest BCUT2D eigenvalue weighted by atomic mass is 9.99. The topological polar surface area (TPSA) is 96.5 Å². The summed E-state index contributed by atoms with van der Waals surface area (Å²) in [6, 6.07) is 6.36. The number of sulfonamides is 1. The van der Waals surface area contributed by atoms with E-state index in [0.29, 0.717) is 12.2 Å². The molecule has 0 bridgehead atoms. The predicted octanol–water partition coefficient (Wildman–Crippen LogP) is 1.44. The van der Waals surface area contributed by atoms with Crippen LogP contribution < -0.4 is 15.4 Å². The Morgan fingerprint density at radius 1 is 1.22 bits per heavy atom.